The van der Waals surface area contributed by atoms with Gasteiger partial charge >= 0.3 is 0 Å². The predicted molar refractivity (Wildman–Crippen MR) is 79.2 cm³/mol. The molecule has 0 aliphatic rings. The van der Waals surface area contributed by atoms with Crippen LogP contribution < -0.4 is 19.5 Å². The Balaban J connectivity index is 2.35. The maximum atomic E-state index is 5.29. The summed E-state index contributed by atoms with van der Waals surface area (Å²) in [6.07, 6.45) is 0. The zero-order chi connectivity index (χ0) is 13.8. The van der Waals surface area contributed by atoms with E-state index in [9.17, 15) is 0 Å². The standard InChI is InChI=1S/C12H13BrN2O3S/c1-16-8-4-7(5-9(17-2)11(8)18-3)14-12-15-10(13)6-19-12/h4-6H,1-3H3,(H,14,15). The zero-order valence-electron chi connectivity index (χ0n) is 10.7. The largest absolute Gasteiger partial charge is 0.493 e. The van der Waals surface area contributed by atoms with Gasteiger partial charge in [-0.1, -0.05) is 0 Å². The Morgan fingerprint density at radius 3 is 2.16 bits per heavy atom. The third kappa shape index (κ3) is 3.10. The highest BCUT2D eigenvalue weighted by Gasteiger charge is 2.13. The molecule has 0 radical (unpaired) electrons. The van der Waals surface area contributed by atoms with Crippen LogP contribution in [0.2, 0.25) is 0 Å². The fraction of sp³-hybridized carbons (Fsp3) is 0.250. The Labute approximate surface area is 123 Å². The molecule has 0 fully saturated rings. The Morgan fingerprint density at radius 1 is 1.11 bits per heavy atom. The maximum absolute atomic E-state index is 5.29. The first-order chi connectivity index (χ1) is 9.17. The molecule has 102 valence electrons. The fourth-order valence-corrected chi connectivity index (χ4v) is 2.75. The number of methoxy groups -OCH3 is 3. The number of hydrogen-bond donors (Lipinski definition) is 1. The molecule has 0 unspecified atom stereocenters. The first kappa shape index (κ1) is 14.0. The van der Waals surface area contributed by atoms with Crippen LogP contribution in [0.25, 0.3) is 0 Å². The summed E-state index contributed by atoms with van der Waals surface area (Å²) in [6, 6.07) is 3.66. The minimum absolute atomic E-state index is 0.566. The number of thiazole rings is 1. The van der Waals surface area contributed by atoms with E-state index in [1.54, 1.807) is 21.3 Å². The van der Waals surface area contributed by atoms with Gasteiger partial charge in [0.15, 0.2) is 16.6 Å². The van der Waals surface area contributed by atoms with Crippen LogP contribution in [0.1, 0.15) is 0 Å². The van der Waals surface area contributed by atoms with E-state index in [1.807, 2.05) is 17.5 Å². The molecule has 2 aromatic rings. The lowest BCUT2D eigenvalue weighted by atomic mass is 10.2. The van der Waals surface area contributed by atoms with Crippen LogP contribution >= 0.6 is 27.3 Å². The van der Waals surface area contributed by atoms with Gasteiger partial charge in [-0.2, -0.15) is 0 Å². The van der Waals surface area contributed by atoms with Crippen LogP contribution in [0.4, 0.5) is 10.8 Å². The SMILES string of the molecule is COc1cc(Nc2nc(Br)cs2)cc(OC)c1OC. The molecule has 2 rings (SSSR count). The highest BCUT2D eigenvalue weighted by atomic mass is 79.9. The molecule has 5 nitrogen and oxygen atoms in total. The van der Waals surface area contributed by atoms with Gasteiger partial charge in [-0.25, -0.2) is 4.98 Å². The lowest BCUT2D eigenvalue weighted by molar-refractivity contribution is 0.324. The number of anilines is 2. The minimum atomic E-state index is 0.566. The van der Waals surface area contributed by atoms with E-state index in [4.69, 9.17) is 14.2 Å². The highest BCUT2D eigenvalue weighted by Crippen LogP contribution is 2.40. The summed E-state index contributed by atoms with van der Waals surface area (Å²) < 4.78 is 16.6. The molecule has 1 aromatic heterocycles. The minimum Gasteiger partial charge on any atom is -0.493 e. The van der Waals surface area contributed by atoms with Crippen molar-refractivity contribution in [3.8, 4) is 17.2 Å². The van der Waals surface area contributed by atoms with E-state index in [1.165, 1.54) is 11.3 Å². The van der Waals surface area contributed by atoms with Crippen LogP contribution in [0.3, 0.4) is 0 Å². The van der Waals surface area contributed by atoms with Crippen molar-refractivity contribution in [3.63, 3.8) is 0 Å². The summed E-state index contributed by atoms with van der Waals surface area (Å²) in [4.78, 5) is 4.27. The lowest BCUT2D eigenvalue weighted by Gasteiger charge is -2.14. The molecule has 0 amide bonds. The molecule has 0 atom stereocenters. The van der Waals surface area contributed by atoms with Gasteiger partial charge in [0.1, 0.15) is 4.60 Å². The van der Waals surface area contributed by atoms with Crippen molar-refractivity contribution in [2.75, 3.05) is 26.6 Å². The third-order valence-corrected chi connectivity index (χ3v) is 3.86. The van der Waals surface area contributed by atoms with Crippen LogP contribution in [0.15, 0.2) is 22.1 Å². The second kappa shape index (κ2) is 6.12. The Bertz CT molecular complexity index is 549. The number of aromatic nitrogens is 1. The Hall–Kier alpha value is -1.47. The quantitative estimate of drug-likeness (QED) is 0.896. The second-order valence-electron chi connectivity index (χ2n) is 3.51. The molecular formula is C12H13BrN2O3S. The number of halogens is 1. The highest BCUT2D eigenvalue weighted by molar-refractivity contribution is 9.10. The lowest BCUT2D eigenvalue weighted by Crippen LogP contribution is -1.97. The van der Waals surface area contributed by atoms with Crippen molar-refractivity contribution < 1.29 is 14.2 Å². The van der Waals surface area contributed by atoms with Gasteiger partial charge < -0.3 is 19.5 Å². The molecule has 0 bridgehead atoms. The molecule has 0 saturated carbocycles. The topological polar surface area (TPSA) is 52.6 Å². The van der Waals surface area contributed by atoms with E-state index in [0.717, 1.165) is 15.4 Å². The summed E-state index contributed by atoms with van der Waals surface area (Å²) in [5.41, 5.74) is 0.816. The molecule has 0 spiro atoms. The van der Waals surface area contributed by atoms with Gasteiger partial charge in [0.25, 0.3) is 0 Å². The second-order valence-corrected chi connectivity index (χ2v) is 5.18. The fourth-order valence-electron chi connectivity index (χ4n) is 1.59. The summed E-state index contributed by atoms with van der Waals surface area (Å²) in [6.45, 7) is 0. The molecule has 0 aliphatic heterocycles. The van der Waals surface area contributed by atoms with E-state index in [2.05, 4.69) is 26.2 Å². The van der Waals surface area contributed by atoms with E-state index < -0.39 is 0 Å². The van der Waals surface area contributed by atoms with Crippen molar-refractivity contribution in [1.82, 2.24) is 4.98 Å². The molecular weight excluding hydrogens is 332 g/mol. The summed E-state index contributed by atoms with van der Waals surface area (Å²) in [7, 11) is 4.74. The van der Waals surface area contributed by atoms with Crippen molar-refractivity contribution in [2.24, 2.45) is 0 Å². The summed E-state index contributed by atoms with van der Waals surface area (Å²) in [5.74, 6) is 1.76. The van der Waals surface area contributed by atoms with E-state index in [0.29, 0.717) is 17.2 Å². The molecule has 1 aromatic carbocycles. The zero-order valence-corrected chi connectivity index (χ0v) is 13.1. The first-order valence-corrected chi connectivity index (χ1v) is 7.03. The number of benzene rings is 1. The Morgan fingerprint density at radius 2 is 1.74 bits per heavy atom. The van der Waals surface area contributed by atoms with E-state index >= 15 is 0 Å². The molecule has 1 N–H and O–H groups in total. The van der Waals surface area contributed by atoms with Crippen LogP contribution in [-0.2, 0) is 0 Å². The molecule has 19 heavy (non-hydrogen) atoms. The first-order valence-electron chi connectivity index (χ1n) is 5.36. The summed E-state index contributed by atoms with van der Waals surface area (Å²) >= 11 is 4.81. The van der Waals surface area contributed by atoms with Crippen molar-refractivity contribution >= 4 is 38.1 Å². The van der Waals surface area contributed by atoms with Gasteiger partial charge in [-0.15, -0.1) is 11.3 Å². The van der Waals surface area contributed by atoms with Crippen molar-refractivity contribution in [1.29, 1.82) is 0 Å². The number of ether oxygens (including phenoxy) is 3. The van der Waals surface area contributed by atoms with Gasteiger partial charge in [0.2, 0.25) is 5.75 Å². The molecule has 0 aliphatic carbocycles. The van der Waals surface area contributed by atoms with Crippen LogP contribution in [-0.4, -0.2) is 26.3 Å². The predicted octanol–water partition coefficient (Wildman–Crippen LogP) is 3.68. The average Bonchev–Trinajstić information content (AvgIpc) is 2.82. The normalized spacial score (nSPS) is 10.1. The van der Waals surface area contributed by atoms with Crippen LogP contribution in [0.5, 0.6) is 17.2 Å². The average molecular weight is 345 g/mol. The van der Waals surface area contributed by atoms with Gasteiger partial charge in [-0.05, 0) is 15.9 Å². The van der Waals surface area contributed by atoms with Crippen LogP contribution in [0, 0.1) is 0 Å². The Kier molecular flexibility index (Phi) is 4.49. The van der Waals surface area contributed by atoms with Gasteiger partial charge in [0, 0.05) is 23.2 Å². The van der Waals surface area contributed by atoms with Gasteiger partial charge in [-0.3, -0.25) is 0 Å². The number of nitrogens with zero attached hydrogens (tertiary/aromatic N) is 1. The maximum Gasteiger partial charge on any atom is 0.203 e. The monoisotopic (exact) mass is 344 g/mol. The molecule has 7 heteroatoms. The number of nitrogens with one attached hydrogen (secondary N) is 1. The number of hydrogen-bond acceptors (Lipinski definition) is 6. The van der Waals surface area contributed by atoms with Gasteiger partial charge in [0.05, 0.1) is 21.3 Å². The van der Waals surface area contributed by atoms with Crippen molar-refractivity contribution in [3.05, 3.63) is 22.1 Å². The molecule has 1 heterocycles. The van der Waals surface area contributed by atoms with E-state index in [-0.39, 0.29) is 0 Å². The smallest absolute Gasteiger partial charge is 0.203 e. The third-order valence-electron chi connectivity index (χ3n) is 2.39. The summed E-state index contributed by atoms with van der Waals surface area (Å²) in [5, 5.41) is 5.87. The van der Waals surface area contributed by atoms with Crippen molar-refractivity contribution in [2.45, 2.75) is 0 Å². The number of rotatable bonds is 5. The molecule has 0 saturated heterocycles.